The largest absolute Gasteiger partial charge is 0.416 e. The molecule has 0 radical (unpaired) electrons. The van der Waals surface area contributed by atoms with Crippen LogP contribution in [0.3, 0.4) is 0 Å². The second-order valence-corrected chi connectivity index (χ2v) is 7.18. The maximum atomic E-state index is 12.9. The number of amides is 2. The van der Waals surface area contributed by atoms with Gasteiger partial charge < -0.3 is 4.90 Å². The first-order valence-electron chi connectivity index (χ1n) is 9.44. The van der Waals surface area contributed by atoms with Crippen LogP contribution in [0.4, 0.5) is 18.9 Å². The van der Waals surface area contributed by atoms with Crippen molar-refractivity contribution in [3.05, 3.63) is 65.2 Å². The molecule has 0 unspecified atom stereocenters. The standard InChI is InChI=1S/C21H20F3N3O2/c22-21(23,24)15-4-3-5-16(14-15)26-11-8-25(9-12-26)10-13-27-19(28)17-6-1-2-7-18(17)20(27)29/h1-7,14H,8-13H2. The van der Waals surface area contributed by atoms with Gasteiger partial charge in [0.25, 0.3) is 11.8 Å². The molecule has 0 aromatic heterocycles. The topological polar surface area (TPSA) is 43.9 Å². The average Bonchev–Trinajstić information content (AvgIpc) is 2.97. The molecule has 5 nitrogen and oxygen atoms in total. The minimum atomic E-state index is -4.36. The Morgan fingerprint density at radius 1 is 0.793 bits per heavy atom. The normalized spacial score (nSPS) is 17.8. The smallest absolute Gasteiger partial charge is 0.369 e. The van der Waals surface area contributed by atoms with Gasteiger partial charge in [-0.2, -0.15) is 13.2 Å². The van der Waals surface area contributed by atoms with Gasteiger partial charge >= 0.3 is 6.18 Å². The quantitative estimate of drug-likeness (QED) is 0.736. The highest BCUT2D eigenvalue weighted by Crippen LogP contribution is 2.32. The number of nitrogens with zero attached hydrogens (tertiary/aromatic N) is 3. The Bertz CT molecular complexity index is 902. The molecular formula is C21H20F3N3O2. The first kappa shape index (κ1) is 19.4. The second kappa shape index (κ2) is 7.51. The van der Waals surface area contributed by atoms with E-state index in [2.05, 4.69) is 4.90 Å². The number of piperazine rings is 1. The van der Waals surface area contributed by atoms with Gasteiger partial charge in [0.2, 0.25) is 0 Å². The fourth-order valence-electron chi connectivity index (χ4n) is 3.79. The molecule has 8 heteroatoms. The number of hydrogen-bond acceptors (Lipinski definition) is 4. The molecule has 1 fully saturated rings. The number of carbonyl (C=O) groups excluding carboxylic acids is 2. The van der Waals surface area contributed by atoms with E-state index in [0.717, 1.165) is 6.07 Å². The van der Waals surface area contributed by atoms with Crippen LogP contribution in [0.1, 0.15) is 26.3 Å². The Balaban J connectivity index is 1.32. The van der Waals surface area contributed by atoms with Crippen molar-refractivity contribution in [1.29, 1.82) is 0 Å². The molecule has 4 rings (SSSR count). The number of alkyl halides is 3. The van der Waals surface area contributed by atoms with Crippen LogP contribution in [0.15, 0.2) is 48.5 Å². The summed E-state index contributed by atoms with van der Waals surface area (Å²) in [6.07, 6.45) is -4.36. The Hall–Kier alpha value is -2.87. The summed E-state index contributed by atoms with van der Waals surface area (Å²) in [6, 6.07) is 12.1. The third-order valence-corrected chi connectivity index (χ3v) is 5.43. The van der Waals surface area contributed by atoms with Crippen molar-refractivity contribution < 1.29 is 22.8 Å². The highest BCUT2D eigenvalue weighted by molar-refractivity contribution is 6.21. The molecule has 2 aliphatic rings. The Morgan fingerprint density at radius 2 is 1.41 bits per heavy atom. The van der Waals surface area contributed by atoms with E-state index >= 15 is 0 Å². The van der Waals surface area contributed by atoms with Crippen molar-refractivity contribution in [3.63, 3.8) is 0 Å². The van der Waals surface area contributed by atoms with E-state index in [1.807, 2.05) is 4.90 Å². The number of carbonyl (C=O) groups is 2. The average molecular weight is 403 g/mol. The lowest BCUT2D eigenvalue weighted by molar-refractivity contribution is -0.137. The lowest BCUT2D eigenvalue weighted by Gasteiger charge is -2.36. The van der Waals surface area contributed by atoms with Crippen molar-refractivity contribution in [2.24, 2.45) is 0 Å². The van der Waals surface area contributed by atoms with Crippen LogP contribution < -0.4 is 4.90 Å². The first-order valence-corrected chi connectivity index (χ1v) is 9.44. The third-order valence-electron chi connectivity index (χ3n) is 5.43. The molecule has 0 atom stereocenters. The Morgan fingerprint density at radius 3 is 2.00 bits per heavy atom. The number of rotatable bonds is 4. The van der Waals surface area contributed by atoms with E-state index in [4.69, 9.17) is 0 Å². The van der Waals surface area contributed by atoms with Crippen molar-refractivity contribution in [1.82, 2.24) is 9.80 Å². The summed E-state index contributed by atoms with van der Waals surface area (Å²) in [5.41, 5.74) is 0.779. The number of fused-ring (bicyclic) bond motifs is 1. The van der Waals surface area contributed by atoms with E-state index in [1.54, 1.807) is 30.3 Å². The molecule has 2 aromatic rings. The van der Waals surface area contributed by atoms with E-state index in [9.17, 15) is 22.8 Å². The molecule has 2 aromatic carbocycles. The SMILES string of the molecule is O=C1c2ccccc2C(=O)N1CCN1CCN(c2cccc(C(F)(F)F)c2)CC1. The molecule has 152 valence electrons. The molecular weight excluding hydrogens is 383 g/mol. The maximum Gasteiger partial charge on any atom is 0.416 e. The number of imide groups is 1. The summed E-state index contributed by atoms with van der Waals surface area (Å²) < 4.78 is 38.8. The van der Waals surface area contributed by atoms with Gasteiger partial charge in [0.15, 0.2) is 0 Å². The van der Waals surface area contributed by atoms with Crippen molar-refractivity contribution in [2.45, 2.75) is 6.18 Å². The lowest BCUT2D eigenvalue weighted by atomic mass is 10.1. The van der Waals surface area contributed by atoms with Crippen molar-refractivity contribution in [3.8, 4) is 0 Å². The van der Waals surface area contributed by atoms with Gasteiger partial charge in [-0.25, -0.2) is 0 Å². The van der Waals surface area contributed by atoms with Crippen LogP contribution in [-0.2, 0) is 6.18 Å². The molecule has 1 saturated heterocycles. The molecule has 0 bridgehead atoms. The summed E-state index contributed by atoms with van der Waals surface area (Å²) in [6.45, 7) is 3.32. The van der Waals surface area contributed by atoms with Crippen molar-refractivity contribution >= 4 is 17.5 Å². The predicted molar refractivity (Wildman–Crippen MR) is 102 cm³/mol. The van der Waals surface area contributed by atoms with Gasteiger partial charge in [0.05, 0.1) is 16.7 Å². The van der Waals surface area contributed by atoms with E-state index in [-0.39, 0.29) is 11.8 Å². The number of benzene rings is 2. The predicted octanol–water partition coefficient (Wildman–Crippen LogP) is 3.12. The van der Waals surface area contributed by atoms with Gasteiger partial charge in [0, 0.05) is 45.0 Å². The summed E-state index contributed by atoms with van der Waals surface area (Å²) in [4.78, 5) is 30.1. The molecule has 2 heterocycles. The summed E-state index contributed by atoms with van der Waals surface area (Å²) in [5.74, 6) is -0.540. The van der Waals surface area contributed by atoms with Crippen molar-refractivity contribution in [2.75, 3.05) is 44.2 Å². The molecule has 2 aliphatic heterocycles. The molecule has 0 saturated carbocycles. The minimum absolute atomic E-state index is 0.270. The second-order valence-electron chi connectivity index (χ2n) is 7.18. The van der Waals surface area contributed by atoms with E-state index in [0.29, 0.717) is 56.1 Å². The molecule has 29 heavy (non-hydrogen) atoms. The van der Waals surface area contributed by atoms with Gasteiger partial charge in [-0.1, -0.05) is 18.2 Å². The van der Waals surface area contributed by atoms with Crippen LogP contribution in [-0.4, -0.2) is 60.9 Å². The molecule has 0 N–H and O–H groups in total. The monoisotopic (exact) mass is 403 g/mol. The number of halogens is 3. The van der Waals surface area contributed by atoms with Gasteiger partial charge in [-0.05, 0) is 30.3 Å². The van der Waals surface area contributed by atoms with Gasteiger partial charge in [-0.15, -0.1) is 0 Å². The molecule has 0 aliphatic carbocycles. The van der Waals surface area contributed by atoms with Gasteiger partial charge in [0.1, 0.15) is 0 Å². The Kier molecular flexibility index (Phi) is 5.04. The third kappa shape index (κ3) is 3.85. The highest BCUT2D eigenvalue weighted by atomic mass is 19.4. The van der Waals surface area contributed by atoms with Crippen LogP contribution >= 0.6 is 0 Å². The Labute approximate surface area is 166 Å². The molecule has 0 spiro atoms. The van der Waals surface area contributed by atoms with E-state index < -0.39 is 11.7 Å². The van der Waals surface area contributed by atoms with Crippen LogP contribution in [0.25, 0.3) is 0 Å². The van der Waals surface area contributed by atoms with Gasteiger partial charge in [-0.3, -0.25) is 19.4 Å². The number of hydrogen-bond donors (Lipinski definition) is 0. The summed E-state index contributed by atoms with van der Waals surface area (Å²) >= 11 is 0. The van der Waals surface area contributed by atoms with Crippen LogP contribution in [0.5, 0.6) is 0 Å². The fourth-order valence-corrected chi connectivity index (χ4v) is 3.79. The zero-order valence-corrected chi connectivity index (χ0v) is 15.7. The van der Waals surface area contributed by atoms with Crippen LogP contribution in [0.2, 0.25) is 0 Å². The zero-order valence-electron chi connectivity index (χ0n) is 15.7. The van der Waals surface area contributed by atoms with Crippen LogP contribution in [0, 0.1) is 0 Å². The first-order chi connectivity index (χ1) is 13.8. The summed E-state index contributed by atoms with van der Waals surface area (Å²) in [7, 11) is 0. The minimum Gasteiger partial charge on any atom is -0.369 e. The summed E-state index contributed by atoms with van der Waals surface area (Å²) in [5, 5.41) is 0. The fraction of sp³-hybridized carbons (Fsp3) is 0.333. The number of anilines is 1. The molecule has 2 amide bonds. The van der Waals surface area contributed by atoms with E-state index in [1.165, 1.54) is 17.0 Å². The maximum absolute atomic E-state index is 12.9. The lowest BCUT2D eigenvalue weighted by Crippen LogP contribution is -2.49. The highest BCUT2D eigenvalue weighted by Gasteiger charge is 2.35. The zero-order chi connectivity index (χ0) is 20.6.